The van der Waals surface area contributed by atoms with Crippen molar-refractivity contribution in [2.75, 3.05) is 37.0 Å². The van der Waals surface area contributed by atoms with Crippen LogP contribution < -0.4 is 20.3 Å². The predicted octanol–water partition coefficient (Wildman–Crippen LogP) is 2.83. The number of hydrogen-bond donors (Lipinski definition) is 2. The highest BCUT2D eigenvalue weighted by Crippen LogP contribution is 2.18. The summed E-state index contributed by atoms with van der Waals surface area (Å²) in [5.41, 5.74) is 2.24. The quantitative estimate of drug-likeness (QED) is 0.817. The van der Waals surface area contributed by atoms with E-state index in [1.54, 1.807) is 36.3 Å². The van der Waals surface area contributed by atoms with Gasteiger partial charge in [-0.05, 0) is 48.5 Å². The van der Waals surface area contributed by atoms with E-state index in [1.165, 1.54) is 0 Å². The predicted molar refractivity (Wildman–Crippen MR) is 102 cm³/mol. The van der Waals surface area contributed by atoms with Crippen molar-refractivity contribution in [2.24, 2.45) is 0 Å². The van der Waals surface area contributed by atoms with Gasteiger partial charge in [0.25, 0.3) is 0 Å². The van der Waals surface area contributed by atoms with Crippen molar-refractivity contribution in [1.82, 2.24) is 5.32 Å². The van der Waals surface area contributed by atoms with Gasteiger partial charge in [-0.25, -0.2) is 9.59 Å². The monoisotopic (exact) mass is 365 g/mol. The SMILES string of the molecule is COc1ccc(NC(=O)NCC#Cc2ccc(N3CCOC3=O)cc2)cc1. The second-order valence-corrected chi connectivity index (χ2v) is 5.65. The molecule has 0 saturated carbocycles. The molecule has 0 aliphatic carbocycles. The van der Waals surface area contributed by atoms with E-state index in [4.69, 9.17) is 9.47 Å². The second-order valence-electron chi connectivity index (χ2n) is 5.65. The van der Waals surface area contributed by atoms with Crippen molar-refractivity contribution in [3.8, 4) is 17.6 Å². The van der Waals surface area contributed by atoms with Crippen LogP contribution >= 0.6 is 0 Å². The molecule has 1 aliphatic heterocycles. The van der Waals surface area contributed by atoms with Crippen molar-refractivity contribution in [3.63, 3.8) is 0 Å². The van der Waals surface area contributed by atoms with Crippen molar-refractivity contribution >= 4 is 23.5 Å². The number of nitrogens with zero attached hydrogens (tertiary/aromatic N) is 1. The lowest BCUT2D eigenvalue weighted by atomic mass is 10.2. The van der Waals surface area contributed by atoms with E-state index in [1.807, 2.05) is 24.3 Å². The second kappa shape index (κ2) is 8.63. The molecule has 0 bridgehead atoms. The van der Waals surface area contributed by atoms with Gasteiger partial charge in [-0.3, -0.25) is 4.90 Å². The van der Waals surface area contributed by atoms with Gasteiger partial charge in [0.2, 0.25) is 0 Å². The molecule has 1 saturated heterocycles. The Balaban J connectivity index is 1.46. The van der Waals surface area contributed by atoms with Crippen LogP contribution in [0.4, 0.5) is 21.0 Å². The number of anilines is 2. The van der Waals surface area contributed by atoms with E-state index < -0.39 is 0 Å². The fourth-order valence-electron chi connectivity index (χ4n) is 2.47. The van der Waals surface area contributed by atoms with Gasteiger partial charge in [0.05, 0.1) is 20.2 Å². The number of carbonyl (C=O) groups is 2. The Morgan fingerprint density at radius 2 is 1.93 bits per heavy atom. The van der Waals surface area contributed by atoms with Crippen molar-refractivity contribution in [3.05, 3.63) is 54.1 Å². The van der Waals surface area contributed by atoms with E-state index >= 15 is 0 Å². The van der Waals surface area contributed by atoms with Crippen molar-refractivity contribution < 1.29 is 19.1 Å². The number of carbonyl (C=O) groups excluding carboxylic acids is 2. The summed E-state index contributed by atoms with van der Waals surface area (Å²) >= 11 is 0. The lowest BCUT2D eigenvalue weighted by Crippen LogP contribution is -2.28. The molecule has 7 nitrogen and oxygen atoms in total. The molecule has 0 spiro atoms. The molecule has 2 N–H and O–H groups in total. The van der Waals surface area contributed by atoms with Crippen LogP contribution in [-0.4, -0.2) is 38.9 Å². The first-order chi connectivity index (χ1) is 13.2. The minimum absolute atomic E-state index is 0.211. The summed E-state index contributed by atoms with van der Waals surface area (Å²) in [6.45, 7) is 1.17. The number of amides is 3. The Morgan fingerprint density at radius 3 is 2.56 bits per heavy atom. The Bertz CT molecular complexity index is 867. The third-order valence-electron chi connectivity index (χ3n) is 3.86. The molecule has 3 rings (SSSR count). The van der Waals surface area contributed by atoms with Crippen LogP contribution in [0.25, 0.3) is 0 Å². The van der Waals surface area contributed by atoms with Crippen LogP contribution in [-0.2, 0) is 4.74 Å². The molecule has 7 heteroatoms. The Hall–Kier alpha value is -3.66. The summed E-state index contributed by atoms with van der Waals surface area (Å²) in [4.78, 5) is 24.9. The summed E-state index contributed by atoms with van der Waals surface area (Å²) in [6, 6.07) is 14.0. The maximum Gasteiger partial charge on any atom is 0.414 e. The Kier molecular flexibility index (Phi) is 5.80. The van der Waals surface area contributed by atoms with Gasteiger partial charge < -0.3 is 20.1 Å². The highest BCUT2D eigenvalue weighted by molar-refractivity contribution is 5.90. The lowest BCUT2D eigenvalue weighted by Gasteiger charge is -2.11. The van der Waals surface area contributed by atoms with E-state index in [0.717, 1.165) is 17.0 Å². The zero-order chi connectivity index (χ0) is 19.1. The average molecular weight is 365 g/mol. The van der Waals surface area contributed by atoms with Gasteiger partial charge in [0.1, 0.15) is 12.4 Å². The Morgan fingerprint density at radius 1 is 1.19 bits per heavy atom. The molecule has 1 heterocycles. The van der Waals surface area contributed by atoms with E-state index in [0.29, 0.717) is 18.8 Å². The summed E-state index contributed by atoms with van der Waals surface area (Å²) < 4.78 is 9.98. The van der Waals surface area contributed by atoms with Gasteiger partial charge in [-0.1, -0.05) is 11.8 Å². The maximum atomic E-state index is 11.8. The van der Waals surface area contributed by atoms with E-state index in [9.17, 15) is 9.59 Å². The minimum Gasteiger partial charge on any atom is -0.497 e. The van der Waals surface area contributed by atoms with Gasteiger partial charge in [-0.2, -0.15) is 0 Å². The molecule has 2 aromatic rings. The highest BCUT2D eigenvalue weighted by atomic mass is 16.6. The van der Waals surface area contributed by atoms with Gasteiger partial charge in [0, 0.05) is 16.9 Å². The molecule has 138 valence electrons. The van der Waals surface area contributed by atoms with Gasteiger partial charge in [-0.15, -0.1) is 0 Å². The fourth-order valence-corrected chi connectivity index (χ4v) is 2.47. The molecule has 0 radical (unpaired) electrons. The van der Waals surface area contributed by atoms with Gasteiger partial charge >= 0.3 is 12.1 Å². The van der Waals surface area contributed by atoms with E-state index in [-0.39, 0.29) is 18.7 Å². The molecule has 1 fully saturated rings. The third-order valence-corrected chi connectivity index (χ3v) is 3.86. The number of methoxy groups -OCH3 is 1. The van der Waals surface area contributed by atoms with Crippen LogP contribution in [0.2, 0.25) is 0 Å². The van der Waals surface area contributed by atoms with E-state index in [2.05, 4.69) is 22.5 Å². The molecule has 0 atom stereocenters. The van der Waals surface area contributed by atoms with Crippen molar-refractivity contribution in [2.45, 2.75) is 0 Å². The van der Waals surface area contributed by atoms with Crippen LogP contribution in [0.5, 0.6) is 5.75 Å². The normalized spacial score (nSPS) is 12.6. The molecule has 2 aromatic carbocycles. The molecule has 0 aromatic heterocycles. The maximum absolute atomic E-state index is 11.8. The summed E-state index contributed by atoms with van der Waals surface area (Å²) in [6.07, 6.45) is -0.332. The first-order valence-corrected chi connectivity index (χ1v) is 8.38. The zero-order valence-corrected chi connectivity index (χ0v) is 14.8. The van der Waals surface area contributed by atoms with Crippen LogP contribution in [0.15, 0.2) is 48.5 Å². The Labute approximate surface area is 157 Å². The smallest absolute Gasteiger partial charge is 0.414 e. The third kappa shape index (κ3) is 4.92. The zero-order valence-electron chi connectivity index (χ0n) is 14.8. The molecule has 1 aliphatic rings. The highest BCUT2D eigenvalue weighted by Gasteiger charge is 2.23. The number of urea groups is 1. The number of benzene rings is 2. The first kappa shape index (κ1) is 18.1. The summed E-state index contributed by atoms with van der Waals surface area (Å²) in [7, 11) is 1.59. The largest absolute Gasteiger partial charge is 0.497 e. The summed E-state index contributed by atoms with van der Waals surface area (Å²) in [5, 5.41) is 5.38. The van der Waals surface area contributed by atoms with Gasteiger partial charge in [0.15, 0.2) is 0 Å². The average Bonchev–Trinajstić information content (AvgIpc) is 3.12. The van der Waals surface area contributed by atoms with Crippen LogP contribution in [0.3, 0.4) is 0 Å². The number of nitrogens with one attached hydrogen (secondary N) is 2. The first-order valence-electron chi connectivity index (χ1n) is 8.38. The summed E-state index contributed by atoms with van der Waals surface area (Å²) in [5.74, 6) is 6.57. The van der Waals surface area contributed by atoms with Crippen LogP contribution in [0, 0.1) is 11.8 Å². The minimum atomic E-state index is -0.336. The molecule has 0 unspecified atom stereocenters. The van der Waals surface area contributed by atoms with Crippen molar-refractivity contribution in [1.29, 1.82) is 0 Å². The number of rotatable bonds is 4. The standard InChI is InChI=1S/C20H19N3O4/c1-26-18-10-6-16(7-11-18)22-19(24)21-12-2-3-15-4-8-17(9-5-15)23-13-14-27-20(23)25/h4-11H,12-14H2,1H3,(H2,21,22,24). The number of ether oxygens (including phenoxy) is 2. The molecule has 27 heavy (non-hydrogen) atoms. The molecular formula is C20H19N3O4. The fraction of sp³-hybridized carbons (Fsp3) is 0.200. The number of hydrogen-bond acceptors (Lipinski definition) is 4. The molecule has 3 amide bonds. The van der Waals surface area contributed by atoms with Crippen LogP contribution in [0.1, 0.15) is 5.56 Å². The lowest BCUT2D eigenvalue weighted by molar-refractivity contribution is 0.181. The topological polar surface area (TPSA) is 79.9 Å². The molecular weight excluding hydrogens is 346 g/mol. The number of cyclic esters (lactones) is 1.